The number of ether oxygens (including phenoxy) is 1. The number of rotatable bonds is 5. The van der Waals surface area contributed by atoms with Crippen LogP contribution in [0.15, 0.2) is 42.5 Å². The molecule has 0 radical (unpaired) electrons. The molecule has 1 aliphatic heterocycles. The number of nitrogens with one attached hydrogen (secondary N) is 1. The number of hydrogen-bond donors (Lipinski definition) is 1. The zero-order valence-electron chi connectivity index (χ0n) is 16.9. The minimum atomic E-state index is -0.0569. The molecule has 6 nitrogen and oxygen atoms in total. The lowest BCUT2D eigenvalue weighted by Gasteiger charge is -2.12. The lowest BCUT2D eigenvalue weighted by atomic mass is 10.1. The Morgan fingerprint density at radius 3 is 2.90 bits per heavy atom. The van der Waals surface area contributed by atoms with Gasteiger partial charge in [0, 0.05) is 24.2 Å². The zero-order valence-corrected chi connectivity index (χ0v) is 16.9. The van der Waals surface area contributed by atoms with Gasteiger partial charge in [-0.3, -0.25) is 4.79 Å². The van der Waals surface area contributed by atoms with Gasteiger partial charge in [-0.15, -0.1) is 10.2 Å². The van der Waals surface area contributed by atoms with Crippen molar-refractivity contribution in [2.24, 2.45) is 0 Å². The molecular weight excluding hydrogens is 364 g/mol. The van der Waals surface area contributed by atoms with E-state index in [1.165, 1.54) is 6.42 Å². The molecule has 0 atom stereocenters. The maximum absolute atomic E-state index is 12.6. The topological polar surface area (TPSA) is 69.0 Å². The number of amides is 1. The molecular formula is C23H26N4O2. The van der Waals surface area contributed by atoms with Gasteiger partial charge in [-0.1, -0.05) is 30.7 Å². The molecule has 3 aromatic rings. The lowest BCUT2D eigenvalue weighted by molar-refractivity contribution is -0.115. The average molecular weight is 390 g/mol. The van der Waals surface area contributed by atoms with Crippen molar-refractivity contribution >= 4 is 11.6 Å². The van der Waals surface area contributed by atoms with E-state index in [1.807, 2.05) is 43.3 Å². The van der Waals surface area contributed by atoms with Crippen LogP contribution in [0.2, 0.25) is 0 Å². The Bertz CT molecular complexity index is 1030. The summed E-state index contributed by atoms with van der Waals surface area (Å²) in [6.07, 6.45) is 4.80. The number of nitrogens with zero attached hydrogens (tertiary/aromatic N) is 3. The standard InChI is InChI=1S/C23H26N4O2/c1-16-10-11-18(23-26-25-21-9-4-3-5-12-27(21)23)15-20(16)24-22(28)14-17-7-6-8-19(13-17)29-2/h6-8,10-11,13,15H,3-5,9,12,14H2,1-2H3,(H,24,28). The third-order valence-corrected chi connectivity index (χ3v) is 5.38. The van der Waals surface area contributed by atoms with Crippen LogP contribution in [0.3, 0.4) is 0 Å². The van der Waals surface area contributed by atoms with E-state index >= 15 is 0 Å². The van der Waals surface area contributed by atoms with Crippen LogP contribution in [0, 0.1) is 6.92 Å². The van der Waals surface area contributed by atoms with Crippen LogP contribution in [0.4, 0.5) is 5.69 Å². The third-order valence-electron chi connectivity index (χ3n) is 5.38. The van der Waals surface area contributed by atoms with Crippen LogP contribution in [-0.2, 0) is 24.2 Å². The van der Waals surface area contributed by atoms with Gasteiger partial charge in [0.25, 0.3) is 0 Å². The maximum atomic E-state index is 12.6. The fourth-order valence-electron chi connectivity index (χ4n) is 3.76. The number of carbonyl (C=O) groups is 1. The maximum Gasteiger partial charge on any atom is 0.228 e. The fourth-order valence-corrected chi connectivity index (χ4v) is 3.76. The number of aryl methyl sites for hydroxylation is 2. The molecule has 0 aliphatic carbocycles. The molecule has 1 amide bonds. The van der Waals surface area contributed by atoms with E-state index in [-0.39, 0.29) is 5.91 Å². The Balaban J connectivity index is 1.54. The van der Waals surface area contributed by atoms with Gasteiger partial charge in [0.15, 0.2) is 5.82 Å². The highest BCUT2D eigenvalue weighted by Gasteiger charge is 2.17. The molecule has 4 rings (SSSR count). The van der Waals surface area contributed by atoms with E-state index in [2.05, 4.69) is 26.1 Å². The van der Waals surface area contributed by atoms with E-state index in [0.717, 1.165) is 65.6 Å². The van der Waals surface area contributed by atoms with Crippen LogP contribution in [-0.4, -0.2) is 27.8 Å². The molecule has 0 unspecified atom stereocenters. The number of fused-ring (bicyclic) bond motifs is 1. The van der Waals surface area contributed by atoms with Crippen molar-refractivity contribution in [2.45, 2.75) is 45.6 Å². The van der Waals surface area contributed by atoms with Crippen molar-refractivity contribution in [2.75, 3.05) is 12.4 Å². The molecule has 0 fully saturated rings. The first-order valence-corrected chi connectivity index (χ1v) is 10.1. The molecule has 1 aliphatic rings. The summed E-state index contributed by atoms with van der Waals surface area (Å²) in [6.45, 7) is 2.94. The molecule has 1 N–H and O–H groups in total. The summed E-state index contributed by atoms with van der Waals surface area (Å²) in [5.74, 6) is 2.63. The van der Waals surface area contributed by atoms with Crippen LogP contribution < -0.4 is 10.1 Å². The minimum Gasteiger partial charge on any atom is -0.497 e. The second-order valence-corrected chi connectivity index (χ2v) is 7.51. The predicted molar refractivity (Wildman–Crippen MR) is 113 cm³/mol. The van der Waals surface area contributed by atoms with Crippen LogP contribution in [0.25, 0.3) is 11.4 Å². The van der Waals surface area contributed by atoms with Gasteiger partial charge in [-0.25, -0.2) is 0 Å². The van der Waals surface area contributed by atoms with Crippen molar-refractivity contribution in [1.29, 1.82) is 0 Å². The Morgan fingerprint density at radius 1 is 1.14 bits per heavy atom. The number of anilines is 1. The zero-order chi connectivity index (χ0) is 20.2. The summed E-state index contributed by atoms with van der Waals surface area (Å²) in [7, 11) is 1.62. The summed E-state index contributed by atoms with van der Waals surface area (Å²) in [4.78, 5) is 12.6. The van der Waals surface area contributed by atoms with Crippen LogP contribution in [0.5, 0.6) is 5.75 Å². The summed E-state index contributed by atoms with van der Waals surface area (Å²) in [6, 6.07) is 13.6. The quantitative estimate of drug-likeness (QED) is 0.710. The number of carbonyl (C=O) groups excluding carboxylic acids is 1. The summed E-state index contributed by atoms with van der Waals surface area (Å²) < 4.78 is 7.46. The second kappa shape index (κ2) is 8.47. The molecule has 29 heavy (non-hydrogen) atoms. The van der Waals surface area contributed by atoms with E-state index in [0.29, 0.717) is 6.42 Å². The van der Waals surface area contributed by atoms with Crippen molar-refractivity contribution in [3.63, 3.8) is 0 Å². The normalized spacial score (nSPS) is 13.4. The van der Waals surface area contributed by atoms with Gasteiger partial charge in [0.1, 0.15) is 11.6 Å². The summed E-state index contributed by atoms with van der Waals surface area (Å²) in [5, 5.41) is 11.9. The van der Waals surface area contributed by atoms with E-state index in [1.54, 1.807) is 7.11 Å². The van der Waals surface area contributed by atoms with E-state index in [4.69, 9.17) is 4.74 Å². The largest absolute Gasteiger partial charge is 0.497 e. The van der Waals surface area contributed by atoms with Crippen molar-refractivity contribution in [3.05, 3.63) is 59.4 Å². The number of methoxy groups -OCH3 is 1. The smallest absolute Gasteiger partial charge is 0.228 e. The molecule has 0 spiro atoms. The number of hydrogen-bond acceptors (Lipinski definition) is 4. The highest BCUT2D eigenvalue weighted by atomic mass is 16.5. The average Bonchev–Trinajstić information content (AvgIpc) is 2.98. The minimum absolute atomic E-state index is 0.0569. The van der Waals surface area contributed by atoms with Gasteiger partial charge in [0.05, 0.1) is 13.5 Å². The Labute approximate surface area is 170 Å². The van der Waals surface area contributed by atoms with Gasteiger partial charge < -0.3 is 14.6 Å². The molecule has 2 heterocycles. The first kappa shape index (κ1) is 19.2. The highest BCUT2D eigenvalue weighted by Crippen LogP contribution is 2.27. The summed E-state index contributed by atoms with van der Waals surface area (Å²) in [5.41, 5.74) is 3.72. The number of benzene rings is 2. The Kier molecular flexibility index (Phi) is 5.60. The number of aromatic nitrogens is 3. The molecule has 0 saturated carbocycles. The highest BCUT2D eigenvalue weighted by molar-refractivity contribution is 5.93. The first-order chi connectivity index (χ1) is 14.1. The van der Waals surface area contributed by atoms with Gasteiger partial charge in [-0.2, -0.15) is 0 Å². The van der Waals surface area contributed by atoms with Gasteiger partial charge in [0.2, 0.25) is 5.91 Å². The van der Waals surface area contributed by atoms with Crippen molar-refractivity contribution in [3.8, 4) is 17.1 Å². The van der Waals surface area contributed by atoms with Crippen molar-refractivity contribution < 1.29 is 9.53 Å². The lowest BCUT2D eigenvalue weighted by Crippen LogP contribution is -2.15. The Morgan fingerprint density at radius 2 is 2.03 bits per heavy atom. The SMILES string of the molecule is COc1cccc(CC(=O)Nc2cc(-c3nnc4n3CCCCC4)ccc2C)c1. The molecule has 0 bridgehead atoms. The second-order valence-electron chi connectivity index (χ2n) is 7.51. The van der Waals surface area contributed by atoms with Gasteiger partial charge in [-0.05, 0) is 49.1 Å². The van der Waals surface area contributed by atoms with E-state index in [9.17, 15) is 4.79 Å². The molecule has 1 aromatic heterocycles. The van der Waals surface area contributed by atoms with Crippen molar-refractivity contribution in [1.82, 2.24) is 14.8 Å². The molecule has 0 saturated heterocycles. The predicted octanol–water partition coefficient (Wildman–Crippen LogP) is 4.17. The Hall–Kier alpha value is -3.15. The molecule has 2 aromatic carbocycles. The van der Waals surface area contributed by atoms with Crippen LogP contribution in [0.1, 0.15) is 36.2 Å². The van der Waals surface area contributed by atoms with Gasteiger partial charge >= 0.3 is 0 Å². The molecule has 6 heteroatoms. The first-order valence-electron chi connectivity index (χ1n) is 10.1. The monoisotopic (exact) mass is 390 g/mol. The van der Waals surface area contributed by atoms with E-state index < -0.39 is 0 Å². The fraction of sp³-hybridized carbons (Fsp3) is 0.348. The third kappa shape index (κ3) is 4.31. The molecule has 150 valence electrons. The van der Waals surface area contributed by atoms with Crippen LogP contribution >= 0.6 is 0 Å². The summed E-state index contributed by atoms with van der Waals surface area (Å²) >= 11 is 0.